The van der Waals surface area contributed by atoms with Gasteiger partial charge in [-0.05, 0) is 30.7 Å². The van der Waals surface area contributed by atoms with Crippen LogP contribution in [0.2, 0.25) is 0 Å². The van der Waals surface area contributed by atoms with Crippen molar-refractivity contribution >= 4 is 21.7 Å². The highest BCUT2D eigenvalue weighted by Gasteiger charge is 2.13. The third kappa shape index (κ3) is 3.10. The lowest BCUT2D eigenvalue weighted by Gasteiger charge is -2.11. The van der Waals surface area contributed by atoms with E-state index in [2.05, 4.69) is 27.0 Å². The summed E-state index contributed by atoms with van der Waals surface area (Å²) in [7, 11) is 0. The average molecular weight is 364 g/mol. The van der Waals surface area contributed by atoms with Crippen LogP contribution in [0, 0.1) is 18.3 Å². The van der Waals surface area contributed by atoms with Crippen LogP contribution >= 0.6 is 15.9 Å². The molecule has 2 N–H and O–H groups in total. The highest BCUT2D eigenvalue weighted by molar-refractivity contribution is 9.10. The molecule has 4 heteroatoms. The fourth-order valence-corrected chi connectivity index (χ4v) is 2.84. The Morgan fingerprint density at radius 2 is 1.78 bits per heavy atom. The van der Waals surface area contributed by atoms with Gasteiger partial charge in [0.15, 0.2) is 0 Å². The second-order valence-corrected chi connectivity index (χ2v) is 6.22. The minimum absolute atomic E-state index is 0.251. The molecule has 0 aliphatic carbocycles. The molecule has 112 valence electrons. The summed E-state index contributed by atoms with van der Waals surface area (Å²) in [6.07, 6.45) is 0. The molecule has 0 aliphatic heterocycles. The molecule has 2 aromatic carbocycles. The van der Waals surface area contributed by atoms with E-state index in [-0.39, 0.29) is 5.82 Å². The van der Waals surface area contributed by atoms with Gasteiger partial charge in [0.25, 0.3) is 0 Å². The van der Waals surface area contributed by atoms with Crippen molar-refractivity contribution in [1.82, 2.24) is 4.98 Å². The monoisotopic (exact) mass is 363 g/mol. The number of rotatable bonds is 2. The molecule has 0 aliphatic rings. The van der Waals surface area contributed by atoms with Crippen molar-refractivity contribution in [2.45, 2.75) is 6.92 Å². The Bertz CT molecular complexity index is 909. The Balaban J connectivity index is 2.22. The first-order chi connectivity index (χ1) is 11.1. The normalized spacial score (nSPS) is 10.3. The summed E-state index contributed by atoms with van der Waals surface area (Å²) < 4.78 is 0.950. The zero-order valence-corrected chi connectivity index (χ0v) is 14.1. The van der Waals surface area contributed by atoms with Gasteiger partial charge in [-0.15, -0.1) is 0 Å². The van der Waals surface area contributed by atoms with Crippen LogP contribution in [0.1, 0.15) is 11.1 Å². The Morgan fingerprint density at radius 1 is 1.04 bits per heavy atom. The number of nitrogen functional groups attached to an aromatic ring is 1. The first-order valence-electron chi connectivity index (χ1n) is 7.12. The van der Waals surface area contributed by atoms with Crippen LogP contribution in [-0.2, 0) is 0 Å². The average Bonchev–Trinajstić information content (AvgIpc) is 2.55. The zero-order chi connectivity index (χ0) is 16.4. The SMILES string of the molecule is Cc1ccc(-c2cc(-c3cccc(Br)c3)c(C#N)c(N)n2)cc1. The van der Waals surface area contributed by atoms with Crippen LogP contribution in [0.4, 0.5) is 5.82 Å². The Morgan fingerprint density at radius 3 is 2.43 bits per heavy atom. The number of benzene rings is 2. The molecule has 0 unspecified atom stereocenters. The van der Waals surface area contributed by atoms with Crippen LogP contribution in [0.25, 0.3) is 22.4 Å². The summed E-state index contributed by atoms with van der Waals surface area (Å²) in [6.45, 7) is 2.04. The molecule has 1 heterocycles. The van der Waals surface area contributed by atoms with Gasteiger partial charge in [-0.25, -0.2) is 4.98 Å². The standard InChI is InChI=1S/C19H14BrN3/c1-12-5-7-13(8-6-12)18-10-16(17(11-21)19(22)23-18)14-3-2-4-15(20)9-14/h2-10H,1H3,(H2,22,23). The predicted octanol–water partition coefficient (Wildman–Crippen LogP) is 4.94. The van der Waals surface area contributed by atoms with Crippen molar-refractivity contribution in [2.24, 2.45) is 0 Å². The van der Waals surface area contributed by atoms with Crippen LogP contribution in [0.15, 0.2) is 59.1 Å². The molecule has 0 radical (unpaired) electrons. The minimum atomic E-state index is 0.251. The lowest BCUT2D eigenvalue weighted by atomic mass is 9.98. The molecule has 3 aromatic rings. The molecular weight excluding hydrogens is 350 g/mol. The maximum atomic E-state index is 9.45. The number of nitrogens with two attached hydrogens (primary N) is 1. The smallest absolute Gasteiger partial charge is 0.142 e. The molecule has 3 nitrogen and oxygen atoms in total. The van der Waals surface area contributed by atoms with E-state index >= 15 is 0 Å². The fraction of sp³-hybridized carbons (Fsp3) is 0.0526. The Kier molecular flexibility index (Phi) is 4.14. The first kappa shape index (κ1) is 15.3. The van der Waals surface area contributed by atoms with Crippen molar-refractivity contribution in [2.75, 3.05) is 5.73 Å². The van der Waals surface area contributed by atoms with Crippen molar-refractivity contribution < 1.29 is 0 Å². The minimum Gasteiger partial charge on any atom is -0.383 e. The molecule has 3 rings (SSSR count). The van der Waals surface area contributed by atoms with Gasteiger partial charge in [0.1, 0.15) is 17.5 Å². The van der Waals surface area contributed by atoms with Gasteiger partial charge in [0.2, 0.25) is 0 Å². The number of hydrogen-bond acceptors (Lipinski definition) is 3. The van der Waals surface area contributed by atoms with E-state index in [4.69, 9.17) is 5.73 Å². The second-order valence-electron chi connectivity index (χ2n) is 5.30. The van der Waals surface area contributed by atoms with Crippen LogP contribution in [0.5, 0.6) is 0 Å². The number of aryl methyl sites for hydroxylation is 1. The number of anilines is 1. The summed E-state index contributed by atoms with van der Waals surface area (Å²) in [6, 6.07) is 20.0. The lowest BCUT2D eigenvalue weighted by molar-refractivity contribution is 1.30. The quantitative estimate of drug-likeness (QED) is 0.701. The van der Waals surface area contributed by atoms with E-state index in [0.29, 0.717) is 5.56 Å². The molecule has 0 atom stereocenters. The summed E-state index contributed by atoms with van der Waals surface area (Å²) in [5.74, 6) is 0.251. The zero-order valence-electron chi connectivity index (χ0n) is 12.5. The molecule has 1 aromatic heterocycles. The predicted molar refractivity (Wildman–Crippen MR) is 96.7 cm³/mol. The molecule has 0 bridgehead atoms. The summed E-state index contributed by atoms with van der Waals surface area (Å²) >= 11 is 3.47. The van der Waals surface area contributed by atoms with Crippen LogP contribution in [-0.4, -0.2) is 4.98 Å². The topological polar surface area (TPSA) is 62.7 Å². The largest absolute Gasteiger partial charge is 0.383 e. The van der Waals surface area contributed by atoms with E-state index in [1.165, 1.54) is 5.56 Å². The molecule has 0 amide bonds. The molecule has 0 saturated carbocycles. The van der Waals surface area contributed by atoms with Crippen molar-refractivity contribution in [3.63, 3.8) is 0 Å². The van der Waals surface area contributed by atoms with E-state index < -0.39 is 0 Å². The number of nitrogens with zero attached hydrogens (tertiary/aromatic N) is 2. The number of nitriles is 1. The van der Waals surface area contributed by atoms with Gasteiger partial charge in [-0.1, -0.05) is 57.9 Å². The molecular formula is C19H14BrN3. The molecule has 0 saturated heterocycles. The number of aromatic nitrogens is 1. The number of pyridine rings is 1. The fourth-order valence-electron chi connectivity index (χ4n) is 2.44. The summed E-state index contributed by atoms with van der Waals surface area (Å²) in [5, 5.41) is 9.45. The van der Waals surface area contributed by atoms with E-state index in [0.717, 1.165) is 26.9 Å². The van der Waals surface area contributed by atoms with Gasteiger partial charge in [0.05, 0.1) is 5.69 Å². The molecule has 23 heavy (non-hydrogen) atoms. The van der Waals surface area contributed by atoms with E-state index in [9.17, 15) is 5.26 Å². The van der Waals surface area contributed by atoms with Gasteiger partial charge >= 0.3 is 0 Å². The van der Waals surface area contributed by atoms with Gasteiger partial charge in [-0.2, -0.15) is 5.26 Å². The van der Waals surface area contributed by atoms with Crippen LogP contribution < -0.4 is 5.73 Å². The summed E-state index contributed by atoms with van der Waals surface area (Å²) in [5.41, 5.74) is 11.1. The third-order valence-electron chi connectivity index (χ3n) is 3.64. The number of halogens is 1. The number of hydrogen-bond donors (Lipinski definition) is 1. The van der Waals surface area contributed by atoms with E-state index in [1.807, 2.05) is 61.5 Å². The first-order valence-corrected chi connectivity index (χ1v) is 7.91. The highest BCUT2D eigenvalue weighted by Crippen LogP contribution is 2.32. The van der Waals surface area contributed by atoms with Crippen molar-refractivity contribution in [3.05, 3.63) is 70.2 Å². The summed E-state index contributed by atoms with van der Waals surface area (Å²) in [4.78, 5) is 4.40. The second kappa shape index (κ2) is 6.23. The van der Waals surface area contributed by atoms with Gasteiger partial charge in [0, 0.05) is 15.6 Å². The van der Waals surface area contributed by atoms with Gasteiger partial charge in [-0.3, -0.25) is 0 Å². The van der Waals surface area contributed by atoms with E-state index in [1.54, 1.807) is 0 Å². The van der Waals surface area contributed by atoms with Crippen molar-refractivity contribution in [1.29, 1.82) is 5.26 Å². The van der Waals surface area contributed by atoms with Crippen LogP contribution in [0.3, 0.4) is 0 Å². The maximum absolute atomic E-state index is 9.45. The third-order valence-corrected chi connectivity index (χ3v) is 4.14. The Labute approximate surface area is 143 Å². The van der Waals surface area contributed by atoms with Crippen molar-refractivity contribution in [3.8, 4) is 28.5 Å². The highest BCUT2D eigenvalue weighted by atomic mass is 79.9. The molecule has 0 spiro atoms. The lowest BCUT2D eigenvalue weighted by Crippen LogP contribution is -1.99. The molecule has 0 fully saturated rings. The van der Waals surface area contributed by atoms with Gasteiger partial charge < -0.3 is 5.73 Å². The maximum Gasteiger partial charge on any atom is 0.142 e. The Hall–Kier alpha value is -2.64.